The molecule has 10 heteroatoms. The van der Waals surface area contributed by atoms with Crippen molar-refractivity contribution >= 4 is 28.7 Å². The highest BCUT2D eigenvalue weighted by Crippen LogP contribution is 2.31. The van der Waals surface area contributed by atoms with Gasteiger partial charge in [-0.25, -0.2) is 0 Å². The first-order valence-corrected chi connectivity index (χ1v) is 13.0. The van der Waals surface area contributed by atoms with Crippen molar-refractivity contribution in [1.82, 2.24) is 19.1 Å². The molecule has 2 aromatic carbocycles. The smallest absolute Gasteiger partial charge is 0.306 e. The molecule has 37 heavy (non-hydrogen) atoms. The molecule has 0 bridgehead atoms. The molecule has 6 rings (SSSR count). The lowest BCUT2D eigenvalue weighted by Crippen LogP contribution is -2.44. The van der Waals surface area contributed by atoms with Crippen LogP contribution >= 0.6 is 11.6 Å². The second-order valence-corrected chi connectivity index (χ2v) is 10.2. The summed E-state index contributed by atoms with van der Waals surface area (Å²) < 4.78 is 15.2. The second kappa shape index (κ2) is 9.72. The molecule has 2 fully saturated rings. The molecule has 1 saturated heterocycles. The van der Waals surface area contributed by atoms with Crippen molar-refractivity contribution < 1.29 is 9.47 Å². The summed E-state index contributed by atoms with van der Waals surface area (Å²) in [6.07, 6.45) is 4.33. The van der Waals surface area contributed by atoms with Crippen LogP contribution in [0.2, 0.25) is 5.02 Å². The van der Waals surface area contributed by atoms with Crippen LogP contribution < -0.4 is 25.7 Å². The molecular formula is C27H29ClN6O3. The van der Waals surface area contributed by atoms with Gasteiger partial charge in [0.1, 0.15) is 11.5 Å². The molecule has 1 aliphatic heterocycles. The predicted octanol–water partition coefficient (Wildman–Crippen LogP) is 4.09. The van der Waals surface area contributed by atoms with Crippen molar-refractivity contribution in [2.24, 2.45) is 12.8 Å². The molecular weight excluding hydrogens is 492 g/mol. The molecule has 1 aliphatic carbocycles. The van der Waals surface area contributed by atoms with Crippen LogP contribution in [0.5, 0.6) is 17.5 Å². The van der Waals surface area contributed by atoms with E-state index in [1.54, 1.807) is 7.05 Å². The summed E-state index contributed by atoms with van der Waals surface area (Å²) in [6.45, 7) is 1.84. The van der Waals surface area contributed by atoms with Crippen LogP contribution in [-0.4, -0.2) is 44.3 Å². The monoisotopic (exact) mass is 520 g/mol. The summed E-state index contributed by atoms with van der Waals surface area (Å²) in [5.74, 6) is 1.93. The molecule has 1 atom stereocenters. The number of ether oxygens (including phenoxy) is 2. The van der Waals surface area contributed by atoms with Gasteiger partial charge in [-0.2, -0.15) is 9.97 Å². The van der Waals surface area contributed by atoms with Gasteiger partial charge in [-0.3, -0.25) is 13.9 Å². The molecule has 2 N–H and O–H groups in total. The predicted molar refractivity (Wildman–Crippen MR) is 143 cm³/mol. The summed E-state index contributed by atoms with van der Waals surface area (Å²) in [4.78, 5) is 25.3. The van der Waals surface area contributed by atoms with E-state index in [0.29, 0.717) is 41.0 Å². The van der Waals surface area contributed by atoms with Crippen LogP contribution in [0.4, 0.5) is 5.95 Å². The zero-order valence-corrected chi connectivity index (χ0v) is 21.4. The van der Waals surface area contributed by atoms with E-state index in [1.165, 1.54) is 4.57 Å². The number of aromatic nitrogens is 4. The van der Waals surface area contributed by atoms with Gasteiger partial charge in [0.05, 0.1) is 12.6 Å². The first-order valence-electron chi connectivity index (χ1n) is 12.6. The first-order chi connectivity index (χ1) is 18.0. The fourth-order valence-electron chi connectivity index (χ4n) is 4.69. The van der Waals surface area contributed by atoms with Gasteiger partial charge in [0, 0.05) is 37.3 Å². The first kappa shape index (κ1) is 23.8. The molecule has 3 heterocycles. The second-order valence-electron chi connectivity index (χ2n) is 9.76. The molecule has 0 amide bonds. The maximum atomic E-state index is 13.7. The molecule has 0 spiro atoms. The third-order valence-corrected chi connectivity index (χ3v) is 7.16. The summed E-state index contributed by atoms with van der Waals surface area (Å²) in [6, 6.07) is 15.2. The minimum absolute atomic E-state index is 0.0437. The van der Waals surface area contributed by atoms with Crippen LogP contribution in [0.25, 0.3) is 11.2 Å². The third-order valence-electron chi connectivity index (χ3n) is 6.79. The topological polar surface area (TPSA) is 100 Å². The van der Waals surface area contributed by atoms with E-state index in [1.807, 2.05) is 53.1 Å². The Kier molecular flexibility index (Phi) is 6.26. The van der Waals surface area contributed by atoms with Crippen LogP contribution in [0, 0.1) is 0 Å². The van der Waals surface area contributed by atoms with Crippen LogP contribution in [0.3, 0.4) is 0 Å². The Morgan fingerprint density at radius 3 is 2.68 bits per heavy atom. The van der Waals surface area contributed by atoms with E-state index >= 15 is 0 Å². The molecule has 2 aromatic heterocycles. The molecule has 0 radical (unpaired) electrons. The van der Waals surface area contributed by atoms with E-state index in [2.05, 4.69) is 9.88 Å². The fourth-order valence-corrected chi connectivity index (χ4v) is 4.89. The van der Waals surface area contributed by atoms with Gasteiger partial charge in [0.25, 0.3) is 5.56 Å². The van der Waals surface area contributed by atoms with Gasteiger partial charge in [-0.15, -0.1) is 0 Å². The average Bonchev–Trinajstić information content (AvgIpc) is 3.63. The van der Waals surface area contributed by atoms with Crippen LogP contribution in [0.15, 0.2) is 53.3 Å². The number of imidazole rings is 1. The number of piperidine rings is 1. The minimum Gasteiger partial charge on any atom is -0.490 e. The Bertz CT molecular complexity index is 1510. The lowest BCUT2D eigenvalue weighted by Gasteiger charge is -2.31. The van der Waals surface area contributed by atoms with E-state index in [0.717, 1.165) is 43.5 Å². The molecule has 2 aliphatic rings. The Balaban J connectivity index is 1.42. The number of hydrogen-bond donors (Lipinski definition) is 1. The average molecular weight is 521 g/mol. The number of rotatable bonds is 7. The lowest BCUT2D eigenvalue weighted by molar-refractivity contribution is 0.301. The van der Waals surface area contributed by atoms with Crippen LogP contribution in [-0.2, 0) is 13.6 Å². The summed E-state index contributed by atoms with van der Waals surface area (Å²) >= 11 is 6.49. The molecule has 192 valence electrons. The molecule has 4 aromatic rings. The zero-order chi connectivity index (χ0) is 25.5. The molecule has 9 nitrogen and oxygen atoms in total. The highest BCUT2D eigenvalue weighted by Gasteiger charge is 2.27. The fraction of sp³-hybridized carbons (Fsp3) is 0.370. The Hall–Kier alpha value is -3.56. The van der Waals surface area contributed by atoms with Crippen molar-refractivity contribution in [3.8, 4) is 17.5 Å². The van der Waals surface area contributed by atoms with Crippen molar-refractivity contribution in [2.75, 3.05) is 18.0 Å². The normalized spacial score (nSPS) is 17.8. The number of benzene rings is 2. The van der Waals surface area contributed by atoms with Gasteiger partial charge >= 0.3 is 6.01 Å². The van der Waals surface area contributed by atoms with Gasteiger partial charge in [-0.05, 0) is 49.4 Å². The summed E-state index contributed by atoms with van der Waals surface area (Å²) in [5, 5.41) is 0.628. The summed E-state index contributed by atoms with van der Waals surface area (Å²) in [5.41, 5.74) is 7.64. The van der Waals surface area contributed by atoms with Crippen molar-refractivity contribution in [3.63, 3.8) is 0 Å². The minimum atomic E-state index is -0.252. The van der Waals surface area contributed by atoms with Gasteiger partial charge in [-0.1, -0.05) is 35.9 Å². The maximum Gasteiger partial charge on any atom is 0.306 e. The molecule has 1 unspecified atom stereocenters. The third kappa shape index (κ3) is 4.89. The van der Waals surface area contributed by atoms with E-state index in [9.17, 15) is 4.79 Å². The zero-order valence-electron chi connectivity index (χ0n) is 20.6. The summed E-state index contributed by atoms with van der Waals surface area (Å²) in [7, 11) is 1.65. The highest BCUT2D eigenvalue weighted by molar-refractivity contribution is 6.31. The lowest BCUT2D eigenvalue weighted by atomic mass is 10.1. The van der Waals surface area contributed by atoms with Crippen molar-refractivity contribution in [1.29, 1.82) is 0 Å². The Labute approximate surface area is 219 Å². The Morgan fingerprint density at radius 1 is 1.08 bits per heavy atom. The van der Waals surface area contributed by atoms with Crippen molar-refractivity contribution in [3.05, 3.63) is 69.5 Å². The number of fused-ring (bicyclic) bond motifs is 1. The highest BCUT2D eigenvalue weighted by atomic mass is 35.5. The standard InChI is InChI=1S/C27H29ClN6O3/c1-32-25(35)23-24(31-27(32)37-21-9-4-8-20(14-21)36-19-11-12-19)30-26(33-13-5-7-18(29)16-33)34(23)15-17-6-2-3-10-22(17)28/h2-4,6,8-10,14,18-19H,5,7,11-13,15-16,29H2,1H3. The van der Waals surface area contributed by atoms with E-state index < -0.39 is 0 Å². The number of halogens is 1. The molecule has 1 saturated carbocycles. The number of anilines is 1. The van der Waals surface area contributed by atoms with Crippen LogP contribution in [0.1, 0.15) is 31.2 Å². The van der Waals surface area contributed by atoms with Gasteiger partial charge in [0.15, 0.2) is 11.2 Å². The largest absolute Gasteiger partial charge is 0.490 e. The van der Waals surface area contributed by atoms with E-state index in [-0.39, 0.29) is 23.7 Å². The quantitative estimate of drug-likeness (QED) is 0.391. The SMILES string of the molecule is Cn1c(Oc2cccc(OC3CC3)c2)nc2nc(N3CCCC(N)C3)n(Cc3ccccc3Cl)c2c1=O. The van der Waals surface area contributed by atoms with Crippen molar-refractivity contribution in [2.45, 2.75) is 44.4 Å². The Morgan fingerprint density at radius 2 is 1.89 bits per heavy atom. The number of nitrogens with two attached hydrogens (primary N) is 1. The maximum absolute atomic E-state index is 13.7. The number of hydrogen-bond acceptors (Lipinski definition) is 7. The van der Waals surface area contributed by atoms with Gasteiger partial charge in [0.2, 0.25) is 5.95 Å². The number of nitrogens with zero attached hydrogens (tertiary/aromatic N) is 5. The van der Waals surface area contributed by atoms with Gasteiger partial charge < -0.3 is 20.1 Å². The van der Waals surface area contributed by atoms with E-state index in [4.69, 9.17) is 31.8 Å².